The number of benzene rings is 1. The summed E-state index contributed by atoms with van der Waals surface area (Å²) in [6.07, 6.45) is 3.26. The Morgan fingerprint density at radius 3 is 2.54 bits per heavy atom. The topological polar surface area (TPSA) is 109 Å². The van der Waals surface area contributed by atoms with Gasteiger partial charge < -0.3 is 15.5 Å². The molecule has 3 atom stereocenters. The van der Waals surface area contributed by atoms with Gasteiger partial charge in [0.15, 0.2) is 0 Å². The molecule has 1 aliphatic rings. The average Bonchev–Trinajstić information content (AvgIpc) is 3.33. The zero-order valence-electron chi connectivity index (χ0n) is 22.4. The Bertz CT molecular complexity index is 1490. The number of halogens is 2. The molecular weight excluding hydrogens is 502 g/mol. The van der Waals surface area contributed by atoms with Gasteiger partial charge in [0.2, 0.25) is 0 Å². The van der Waals surface area contributed by atoms with Gasteiger partial charge in [-0.1, -0.05) is 32.9 Å². The second-order valence-corrected chi connectivity index (χ2v) is 11.1. The number of hydrogen-bond donors (Lipinski definition) is 3. The summed E-state index contributed by atoms with van der Waals surface area (Å²) in [4.78, 5) is 4.95. The molecule has 1 aliphatic carbocycles. The van der Waals surface area contributed by atoms with E-state index < -0.39 is 23.2 Å². The van der Waals surface area contributed by atoms with Crippen molar-refractivity contribution in [3.8, 4) is 11.3 Å². The van der Waals surface area contributed by atoms with E-state index in [1.807, 2.05) is 18.2 Å². The van der Waals surface area contributed by atoms with Crippen LogP contribution < -0.4 is 5.32 Å². The lowest BCUT2D eigenvalue weighted by Gasteiger charge is -2.49. The molecule has 0 radical (unpaired) electrons. The van der Waals surface area contributed by atoms with Crippen LogP contribution in [-0.4, -0.2) is 47.9 Å². The number of fused-ring (bicyclic) bond motifs is 1. The maximum atomic E-state index is 14.6. The molecule has 0 bridgehead atoms. The third-order valence-electron chi connectivity index (χ3n) is 7.99. The molecule has 0 amide bonds. The molecular formula is C29H32F2N6O2. The fraction of sp³-hybridized carbons (Fsp3) is 0.379. The molecule has 10 heteroatoms. The van der Waals surface area contributed by atoms with Crippen molar-refractivity contribution in [1.29, 1.82) is 0 Å². The number of anilines is 2. The molecule has 0 saturated carbocycles. The fourth-order valence-corrected chi connectivity index (χ4v) is 5.64. The fourth-order valence-electron chi connectivity index (χ4n) is 5.64. The Balaban J connectivity index is 1.53. The first kappa shape index (κ1) is 26.8. The molecule has 0 aliphatic heterocycles. The van der Waals surface area contributed by atoms with Crippen LogP contribution in [0.25, 0.3) is 11.3 Å². The molecule has 3 N–H and O–H groups in total. The highest BCUT2D eigenvalue weighted by Crippen LogP contribution is 2.56. The Morgan fingerprint density at radius 2 is 1.82 bits per heavy atom. The predicted octanol–water partition coefficient (Wildman–Crippen LogP) is 4.95. The highest BCUT2D eigenvalue weighted by molar-refractivity contribution is 5.62. The van der Waals surface area contributed by atoms with Gasteiger partial charge in [0, 0.05) is 6.20 Å². The van der Waals surface area contributed by atoms with E-state index in [1.165, 1.54) is 18.2 Å². The lowest BCUT2D eigenvalue weighted by Crippen LogP contribution is -2.46. The first-order valence-corrected chi connectivity index (χ1v) is 12.9. The Kier molecular flexibility index (Phi) is 6.94. The van der Waals surface area contributed by atoms with Crippen molar-refractivity contribution < 1.29 is 19.0 Å². The van der Waals surface area contributed by atoms with Gasteiger partial charge in [0.1, 0.15) is 17.5 Å². The first-order chi connectivity index (χ1) is 18.5. The number of aliphatic hydroxyl groups is 2. The van der Waals surface area contributed by atoms with Crippen LogP contribution in [0.3, 0.4) is 0 Å². The zero-order valence-corrected chi connectivity index (χ0v) is 22.4. The van der Waals surface area contributed by atoms with E-state index in [1.54, 1.807) is 23.1 Å². The van der Waals surface area contributed by atoms with Crippen molar-refractivity contribution in [3.63, 3.8) is 0 Å². The third kappa shape index (κ3) is 4.79. The summed E-state index contributed by atoms with van der Waals surface area (Å²) in [5.74, 6) is -0.658. The molecule has 3 heterocycles. The highest BCUT2D eigenvalue weighted by atomic mass is 19.1. The van der Waals surface area contributed by atoms with Gasteiger partial charge in [0.25, 0.3) is 0 Å². The van der Waals surface area contributed by atoms with E-state index in [-0.39, 0.29) is 35.7 Å². The maximum absolute atomic E-state index is 14.6. The molecule has 0 unspecified atom stereocenters. The number of nitrogens with zero attached hydrogens (tertiary/aromatic N) is 5. The van der Waals surface area contributed by atoms with Crippen molar-refractivity contribution in [2.24, 2.45) is 5.41 Å². The summed E-state index contributed by atoms with van der Waals surface area (Å²) < 4.78 is 30.7. The van der Waals surface area contributed by atoms with Gasteiger partial charge in [-0.2, -0.15) is 10.2 Å². The number of pyridine rings is 1. The van der Waals surface area contributed by atoms with Crippen LogP contribution in [0, 0.1) is 17.0 Å². The molecule has 39 heavy (non-hydrogen) atoms. The minimum absolute atomic E-state index is 0.0913. The number of aromatic nitrogens is 5. The van der Waals surface area contributed by atoms with Gasteiger partial charge >= 0.3 is 0 Å². The van der Waals surface area contributed by atoms with Gasteiger partial charge in [-0.25, -0.2) is 13.8 Å². The van der Waals surface area contributed by atoms with E-state index in [9.17, 15) is 13.9 Å². The summed E-state index contributed by atoms with van der Waals surface area (Å²) >= 11 is 0. The minimum atomic E-state index is -0.897. The summed E-state index contributed by atoms with van der Waals surface area (Å²) in [5, 5.41) is 35.2. The summed E-state index contributed by atoms with van der Waals surface area (Å²) in [6.45, 7) is 8.37. The molecule has 3 aromatic heterocycles. The Hall–Kier alpha value is -3.76. The largest absolute Gasteiger partial charge is 0.394 e. The normalized spacial score (nSPS) is 20.9. The lowest BCUT2D eigenvalue weighted by atomic mass is 9.54. The van der Waals surface area contributed by atoms with Crippen molar-refractivity contribution in [3.05, 3.63) is 83.4 Å². The number of rotatable bonds is 7. The van der Waals surface area contributed by atoms with Gasteiger partial charge in [-0.3, -0.25) is 4.68 Å². The first-order valence-electron chi connectivity index (χ1n) is 12.9. The van der Waals surface area contributed by atoms with E-state index in [0.717, 1.165) is 23.4 Å². The smallest absolute Gasteiger partial charge is 0.135 e. The number of aliphatic hydroxyl groups excluding tert-OH is 2. The van der Waals surface area contributed by atoms with Crippen LogP contribution >= 0.6 is 0 Å². The van der Waals surface area contributed by atoms with Crippen molar-refractivity contribution in [2.75, 3.05) is 11.9 Å². The lowest BCUT2D eigenvalue weighted by molar-refractivity contribution is 0.0783. The predicted molar refractivity (Wildman–Crippen MR) is 143 cm³/mol. The average molecular weight is 535 g/mol. The quantitative estimate of drug-likeness (QED) is 0.308. The number of hydrogen-bond acceptors (Lipinski definition) is 7. The maximum Gasteiger partial charge on any atom is 0.135 e. The SMILES string of the molecule is C[C@@H]1CC(C)(C)[C@@](C)(c2cccc(Nc3cnn(C[C@@H](O)CO)c3)n2)c2nnc(-c3c(F)cccc3F)cc21. The Morgan fingerprint density at radius 1 is 1.10 bits per heavy atom. The molecule has 0 saturated heterocycles. The second kappa shape index (κ2) is 10.1. The Labute approximate surface area is 225 Å². The van der Waals surface area contributed by atoms with Crippen molar-refractivity contribution >= 4 is 11.5 Å². The summed E-state index contributed by atoms with van der Waals surface area (Å²) in [7, 11) is 0. The van der Waals surface area contributed by atoms with Crippen LogP contribution in [0.5, 0.6) is 0 Å². The monoisotopic (exact) mass is 534 g/mol. The molecule has 4 aromatic rings. The van der Waals surface area contributed by atoms with Crippen molar-refractivity contribution in [2.45, 2.75) is 58.1 Å². The van der Waals surface area contributed by atoms with Crippen LogP contribution in [0.4, 0.5) is 20.3 Å². The van der Waals surface area contributed by atoms with E-state index in [2.05, 4.69) is 48.3 Å². The van der Waals surface area contributed by atoms with E-state index in [4.69, 9.17) is 10.1 Å². The molecule has 8 nitrogen and oxygen atoms in total. The second-order valence-electron chi connectivity index (χ2n) is 11.1. The molecule has 5 rings (SSSR count). The highest BCUT2D eigenvalue weighted by Gasteiger charge is 2.52. The zero-order chi connectivity index (χ0) is 27.9. The van der Waals surface area contributed by atoms with Crippen LogP contribution in [-0.2, 0) is 12.0 Å². The van der Waals surface area contributed by atoms with Crippen LogP contribution in [0.1, 0.15) is 57.0 Å². The van der Waals surface area contributed by atoms with Gasteiger partial charge in [0.05, 0.1) is 59.2 Å². The molecule has 0 fully saturated rings. The summed E-state index contributed by atoms with van der Waals surface area (Å²) in [6, 6.07) is 11.3. The van der Waals surface area contributed by atoms with E-state index >= 15 is 0 Å². The molecule has 204 valence electrons. The molecule has 1 aromatic carbocycles. The van der Waals surface area contributed by atoms with Gasteiger partial charge in [-0.15, -0.1) is 5.10 Å². The van der Waals surface area contributed by atoms with Crippen LogP contribution in [0.15, 0.2) is 54.9 Å². The van der Waals surface area contributed by atoms with E-state index in [0.29, 0.717) is 11.5 Å². The minimum Gasteiger partial charge on any atom is -0.394 e. The van der Waals surface area contributed by atoms with Crippen LogP contribution in [0.2, 0.25) is 0 Å². The van der Waals surface area contributed by atoms with Crippen molar-refractivity contribution in [1.82, 2.24) is 25.0 Å². The van der Waals surface area contributed by atoms with Gasteiger partial charge in [-0.05, 0) is 60.6 Å². The number of nitrogens with one attached hydrogen (secondary N) is 1. The standard InChI is InChI=1S/C29H32F2N6O2/c1-17-12-28(2,3)29(4,27-20(17)11-23(35-36-27)26-21(30)7-5-8-22(26)31)24-9-6-10-25(34-24)33-18-13-32-37(14-18)15-19(39)16-38/h5-11,13-14,17,19,38-39H,12,15-16H2,1-4H3,(H,33,34)/t17-,19-,29+/m1/s1. The summed E-state index contributed by atoms with van der Waals surface area (Å²) in [5.41, 5.74) is 2.18. The third-order valence-corrected chi connectivity index (χ3v) is 7.99. The molecule has 0 spiro atoms.